The highest BCUT2D eigenvalue weighted by Crippen LogP contribution is 2.23. The van der Waals surface area contributed by atoms with Crippen LogP contribution in [0, 0.1) is 17.8 Å². The summed E-state index contributed by atoms with van der Waals surface area (Å²) in [5.41, 5.74) is 3.84. The summed E-state index contributed by atoms with van der Waals surface area (Å²) in [4.78, 5) is 176. The summed E-state index contributed by atoms with van der Waals surface area (Å²) in [6.07, 6.45) is 0.915. The number of hydrogen-bond donors (Lipinski definition) is 6. The number of rotatable bonds is 8. The SMILES string of the molecule is C.C.CN1C(=O)NC(=O)C(Cc2ccccc2)C1=O.CN1C(=O)NC(=O)C(Cc2ccccc2)C1=O.CN1C(=O)NC(=O)C(c2ccccc2)C1=O.CN1C(=O)NC(=O)C(c2ccccc2)C1=O.O=C1NC(=O)C(Cc2ccccc2)C(=O)N1. The van der Waals surface area contributed by atoms with E-state index in [1.807, 2.05) is 91.0 Å². The third kappa shape index (κ3) is 16.6. The second kappa shape index (κ2) is 30.1. The van der Waals surface area contributed by atoms with Crippen molar-refractivity contribution in [3.63, 3.8) is 0 Å². The maximum atomic E-state index is 11.8. The van der Waals surface area contributed by atoms with Gasteiger partial charge in [-0.15, -0.1) is 0 Å². The smallest absolute Gasteiger partial charge is 0.277 e. The quantitative estimate of drug-likeness (QED) is 0.121. The standard InChI is InChI=1S/2C12H12N2O3.3C11H10N2O3.2CH4/c2*1-14-11(16)9(10(15)13-12(14)17)7-8-5-3-2-4-6-8;2*1-13-10(15)8(9(14)12-11(13)16)7-5-3-2-4-6-7;14-9-8(10(15)13-11(16)12-9)6-7-4-2-1-3-5-7;;/h2*2-6,9H,7H2,1H3,(H,13,15,17);2*2-6,8H,1H3,(H,12,14,16);1-5,8H,6H2,(H2,12,13,14,15,16);2*1H4. The van der Waals surface area contributed by atoms with Crippen molar-refractivity contribution in [1.82, 2.24) is 51.5 Å². The lowest BCUT2D eigenvalue weighted by atomic mass is 9.95. The minimum Gasteiger partial charge on any atom is -0.277 e. The van der Waals surface area contributed by atoms with E-state index in [-0.39, 0.29) is 14.9 Å². The van der Waals surface area contributed by atoms with Gasteiger partial charge >= 0.3 is 30.2 Å². The Hall–Kier alpha value is -10.9. The van der Waals surface area contributed by atoms with E-state index in [0.717, 1.165) is 36.3 Å². The van der Waals surface area contributed by atoms with E-state index in [4.69, 9.17) is 0 Å². The number of hydrogen-bond acceptors (Lipinski definition) is 15. The zero-order chi connectivity index (χ0) is 59.8. The number of benzene rings is 5. The largest absolute Gasteiger partial charge is 0.330 e. The van der Waals surface area contributed by atoms with Gasteiger partial charge in [-0.2, -0.15) is 0 Å². The molecule has 25 heteroatoms. The van der Waals surface area contributed by atoms with Crippen molar-refractivity contribution in [1.29, 1.82) is 0 Å². The third-order valence-corrected chi connectivity index (χ3v) is 12.9. The molecule has 5 heterocycles. The Labute approximate surface area is 482 Å². The predicted octanol–water partition coefficient (Wildman–Crippen LogP) is 3.55. The molecule has 5 saturated heterocycles. The number of barbiturate groups is 5. The topological polar surface area (TPSA) is 341 Å². The van der Waals surface area contributed by atoms with Crippen LogP contribution in [0.4, 0.5) is 24.0 Å². The average Bonchev–Trinajstić information content (AvgIpc) is 3.55. The number of urea groups is 5. The average molecular weight is 1150 g/mol. The Balaban J connectivity index is 0.000000224. The molecule has 20 amide bonds. The number of nitrogens with zero attached hydrogens (tertiary/aromatic N) is 4. The normalized spacial score (nSPS) is 19.5. The van der Waals surface area contributed by atoms with Gasteiger partial charge in [0.1, 0.15) is 29.6 Å². The second-order valence-corrected chi connectivity index (χ2v) is 18.5. The summed E-state index contributed by atoms with van der Waals surface area (Å²) in [6.45, 7) is 0. The highest BCUT2D eigenvalue weighted by atomic mass is 16.2. The molecular formula is C59H62N10O15. The van der Waals surface area contributed by atoms with E-state index in [2.05, 4.69) is 31.9 Å². The molecule has 5 fully saturated rings. The molecule has 0 radical (unpaired) electrons. The van der Waals surface area contributed by atoms with Gasteiger partial charge in [0.2, 0.25) is 59.1 Å². The lowest BCUT2D eigenvalue weighted by molar-refractivity contribution is -0.143. The van der Waals surface area contributed by atoms with E-state index in [9.17, 15) is 71.9 Å². The maximum Gasteiger partial charge on any atom is 0.330 e. The molecule has 0 spiro atoms. The molecule has 0 bridgehead atoms. The Morgan fingerprint density at radius 2 is 0.512 bits per heavy atom. The van der Waals surface area contributed by atoms with Crippen LogP contribution in [-0.4, -0.2) is 137 Å². The fourth-order valence-corrected chi connectivity index (χ4v) is 8.30. The molecule has 6 N–H and O–H groups in total. The van der Waals surface area contributed by atoms with Gasteiger partial charge in [-0.25, -0.2) is 24.0 Å². The first-order chi connectivity index (χ1) is 39.1. The molecule has 438 valence electrons. The van der Waals surface area contributed by atoms with Gasteiger partial charge in [0, 0.05) is 28.2 Å². The van der Waals surface area contributed by atoms with Crippen molar-refractivity contribution >= 4 is 89.2 Å². The van der Waals surface area contributed by atoms with Crippen LogP contribution < -0.4 is 31.9 Å². The Kier molecular flexibility index (Phi) is 23.5. The van der Waals surface area contributed by atoms with Gasteiger partial charge in [-0.05, 0) is 47.1 Å². The first-order valence-corrected chi connectivity index (χ1v) is 24.9. The minimum atomic E-state index is -0.927. The van der Waals surface area contributed by atoms with E-state index < -0.39 is 119 Å². The van der Waals surface area contributed by atoms with Crippen molar-refractivity contribution < 1.29 is 71.9 Å². The van der Waals surface area contributed by atoms with E-state index in [1.165, 1.54) is 28.2 Å². The third-order valence-electron chi connectivity index (χ3n) is 12.9. The van der Waals surface area contributed by atoms with Crippen LogP contribution >= 0.6 is 0 Å². The lowest BCUT2D eigenvalue weighted by Gasteiger charge is -2.27. The van der Waals surface area contributed by atoms with Crippen LogP contribution in [0.2, 0.25) is 0 Å². The van der Waals surface area contributed by atoms with Crippen LogP contribution in [0.5, 0.6) is 0 Å². The van der Waals surface area contributed by atoms with Gasteiger partial charge < -0.3 is 0 Å². The molecular weight excluding hydrogens is 1090 g/mol. The van der Waals surface area contributed by atoms with E-state index in [1.54, 1.807) is 60.7 Å². The molecule has 5 aromatic carbocycles. The number of amides is 20. The monoisotopic (exact) mass is 1150 g/mol. The van der Waals surface area contributed by atoms with E-state index in [0.29, 0.717) is 30.4 Å². The fourth-order valence-electron chi connectivity index (χ4n) is 8.30. The zero-order valence-electron chi connectivity index (χ0n) is 44.4. The molecule has 5 aliphatic rings. The van der Waals surface area contributed by atoms with Crippen LogP contribution in [-0.2, 0) is 67.2 Å². The molecule has 4 unspecified atom stereocenters. The van der Waals surface area contributed by atoms with Crippen molar-refractivity contribution in [2.24, 2.45) is 17.8 Å². The molecule has 10 rings (SSSR count). The highest BCUT2D eigenvalue weighted by molar-refractivity contribution is 6.21. The van der Waals surface area contributed by atoms with Crippen LogP contribution in [0.15, 0.2) is 152 Å². The van der Waals surface area contributed by atoms with Crippen molar-refractivity contribution in [3.05, 3.63) is 179 Å². The summed E-state index contributed by atoms with van der Waals surface area (Å²) in [5.74, 6) is -9.52. The van der Waals surface area contributed by atoms with Crippen LogP contribution in [0.25, 0.3) is 0 Å². The van der Waals surface area contributed by atoms with Crippen LogP contribution in [0.1, 0.15) is 54.5 Å². The summed E-state index contributed by atoms with van der Waals surface area (Å²) in [5, 5.41) is 12.7. The molecule has 0 aromatic heterocycles. The van der Waals surface area contributed by atoms with Gasteiger partial charge in [0.15, 0.2) is 0 Å². The lowest BCUT2D eigenvalue weighted by Crippen LogP contribution is -2.56. The van der Waals surface area contributed by atoms with Gasteiger partial charge in [-0.1, -0.05) is 167 Å². The molecule has 5 aliphatic heterocycles. The summed E-state index contributed by atoms with van der Waals surface area (Å²) < 4.78 is 0. The molecule has 84 heavy (non-hydrogen) atoms. The van der Waals surface area contributed by atoms with Gasteiger partial charge in [0.05, 0.1) is 0 Å². The second-order valence-electron chi connectivity index (χ2n) is 18.5. The molecule has 5 aromatic rings. The minimum absolute atomic E-state index is 0. The molecule has 0 saturated carbocycles. The number of likely N-dealkylation sites (N-methyl/N-ethyl adjacent to an activating group) is 2. The fraction of sp³-hybridized carbons (Fsp3) is 0.237. The molecule has 4 atom stereocenters. The summed E-state index contributed by atoms with van der Waals surface area (Å²) in [6, 6.07) is 41.5. The Morgan fingerprint density at radius 1 is 0.286 bits per heavy atom. The first-order valence-electron chi connectivity index (χ1n) is 24.9. The number of carbonyl (C=O) groups excluding carboxylic acids is 15. The molecule has 25 nitrogen and oxygen atoms in total. The number of nitrogens with one attached hydrogen (secondary N) is 6. The van der Waals surface area contributed by atoms with Crippen molar-refractivity contribution in [3.8, 4) is 0 Å². The van der Waals surface area contributed by atoms with Crippen molar-refractivity contribution in [2.45, 2.75) is 46.0 Å². The van der Waals surface area contributed by atoms with Gasteiger partial charge in [-0.3, -0.25) is 99.4 Å². The first kappa shape index (κ1) is 65.7. The zero-order valence-corrected chi connectivity index (χ0v) is 44.4. The predicted molar refractivity (Wildman–Crippen MR) is 300 cm³/mol. The van der Waals surface area contributed by atoms with Crippen molar-refractivity contribution in [2.75, 3.05) is 28.2 Å². The summed E-state index contributed by atoms with van der Waals surface area (Å²) >= 11 is 0. The highest BCUT2D eigenvalue weighted by Gasteiger charge is 2.42. The van der Waals surface area contributed by atoms with Crippen LogP contribution in [0.3, 0.4) is 0 Å². The van der Waals surface area contributed by atoms with E-state index >= 15 is 0 Å². The Bertz CT molecular complexity index is 3120. The number of carbonyl (C=O) groups is 15. The maximum absolute atomic E-state index is 11.8. The summed E-state index contributed by atoms with van der Waals surface area (Å²) in [7, 11) is 5.42. The number of imide groups is 10. The molecule has 0 aliphatic carbocycles. The van der Waals surface area contributed by atoms with Gasteiger partial charge in [0.25, 0.3) is 0 Å². The Morgan fingerprint density at radius 3 is 0.798 bits per heavy atom.